The van der Waals surface area contributed by atoms with Gasteiger partial charge >= 0.3 is 6.18 Å². The van der Waals surface area contributed by atoms with Gasteiger partial charge in [0.05, 0.1) is 35.1 Å². The van der Waals surface area contributed by atoms with Gasteiger partial charge in [-0.2, -0.15) is 18.3 Å². The second kappa shape index (κ2) is 11.2. The van der Waals surface area contributed by atoms with E-state index in [1.54, 1.807) is 6.92 Å². The highest BCUT2D eigenvalue weighted by atomic mass is 35.5. The molecule has 8 nitrogen and oxygen atoms in total. The Morgan fingerprint density at radius 3 is 2.57 bits per heavy atom. The number of aryl methyl sites for hydroxylation is 1. The lowest BCUT2D eigenvalue weighted by atomic mass is 10.1. The molecule has 1 aliphatic rings. The largest absolute Gasteiger partial charge is 0.419 e. The van der Waals surface area contributed by atoms with Crippen molar-refractivity contribution in [2.45, 2.75) is 50.7 Å². The zero-order valence-corrected chi connectivity index (χ0v) is 21.3. The molecule has 2 heterocycles. The lowest BCUT2D eigenvalue weighted by Crippen LogP contribution is -2.44. The summed E-state index contributed by atoms with van der Waals surface area (Å²) in [6.07, 6.45) is -9.29. The van der Waals surface area contributed by atoms with Crippen molar-refractivity contribution < 1.29 is 32.5 Å². The molecule has 1 fully saturated rings. The summed E-state index contributed by atoms with van der Waals surface area (Å²) in [5.41, 5.74) is 4.91. The van der Waals surface area contributed by atoms with E-state index >= 15 is 0 Å². The van der Waals surface area contributed by atoms with Gasteiger partial charge in [0.1, 0.15) is 18.0 Å². The van der Waals surface area contributed by atoms with Gasteiger partial charge < -0.3 is 25.1 Å². The number of nitrogens with zero attached hydrogens (tertiary/aromatic N) is 3. The number of halogens is 5. The normalized spacial score (nSPS) is 22.1. The predicted molar refractivity (Wildman–Crippen MR) is 129 cm³/mol. The van der Waals surface area contributed by atoms with Gasteiger partial charge in [-0.3, -0.25) is 0 Å². The van der Waals surface area contributed by atoms with E-state index in [-0.39, 0.29) is 29.8 Å². The van der Waals surface area contributed by atoms with Crippen LogP contribution in [0.2, 0.25) is 10.0 Å². The van der Waals surface area contributed by atoms with E-state index in [0.29, 0.717) is 0 Å². The minimum absolute atomic E-state index is 0.0430. The Morgan fingerprint density at radius 2 is 1.95 bits per heavy atom. The number of hydrogen-bond acceptors (Lipinski definition) is 7. The molecule has 3 N–H and O–H groups in total. The third-order valence-corrected chi connectivity index (χ3v) is 6.31. The van der Waals surface area contributed by atoms with E-state index in [0.717, 1.165) is 22.4 Å². The van der Waals surface area contributed by atoms with Crippen LogP contribution in [0.4, 0.5) is 13.2 Å². The van der Waals surface area contributed by atoms with Gasteiger partial charge in [-0.15, -0.1) is 0 Å². The molecule has 0 amide bonds. The average Bonchev–Trinajstić information content (AvgIpc) is 3.23. The maximum Gasteiger partial charge on any atom is 0.419 e. The summed E-state index contributed by atoms with van der Waals surface area (Å²) in [7, 11) is 0. The molecule has 0 spiro atoms. The molecular formula is C24H25Cl2F3N4O4. The highest BCUT2D eigenvalue weighted by Gasteiger charge is 2.40. The van der Waals surface area contributed by atoms with E-state index in [1.165, 1.54) is 6.92 Å². The minimum atomic E-state index is -4.83. The third-order valence-electron chi connectivity index (χ3n) is 5.80. The van der Waals surface area contributed by atoms with Gasteiger partial charge in [-0.25, -0.2) is 9.67 Å². The Bertz CT molecular complexity index is 1230. The van der Waals surface area contributed by atoms with Crippen molar-refractivity contribution in [3.05, 3.63) is 75.3 Å². The third kappa shape index (κ3) is 6.09. The van der Waals surface area contributed by atoms with Crippen molar-refractivity contribution >= 4 is 23.2 Å². The first-order valence-corrected chi connectivity index (χ1v) is 12.1. The fourth-order valence-electron chi connectivity index (χ4n) is 4.01. The lowest BCUT2D eigenvalue weighted by molar-refractivity contribution is -0.274. The Kier molecular flexibility index (Phi) is 8.44. The van der Waals surface area contributed by atoms with Crippen LogP contribution in [-0.2, 0) is 20.4 Å². The van der Waals surface area contributed by atoms with E-state index in [2.05, 4.69) is 10.1 Å². The van der Waals surface area contributed by atoms with Crippen LogP contribution in [0.3, 0.4) is 0 Å². The van der Waals surface area contributed by atoms with Crippen molar-refractivity contribution in [3.63, 3.8) is 0 Å². The maximum atomic E-state index is 14.0. The molecule has 3 aromatic rings. The summed E-state index contributed by atoms with van der Waals surface area (Å²) in [6, 6.07) is 11.4. The number of aliphatic hydroxyl groups excluding tert-OH is 1. The average molecular weight is 561 g/mol. The molecule has 37 heavy (non-hydrogen) atoms. The molecule has 5 atom stereocenters. The van der Waals surface area contributed by atoms with E-state index in [9.17, 15) is 18.3 Å². The SMILES string of the molecule is Cc1nc(C(OC2COC(c3ccccc3)OC2C)[C@@H](O)CN)n(-c2cc(Cl)cc(Cl)c2C(F)(F)F)n1. The number of aliphatic hydroxyl groups is 1. The first kappa shape index (κ1) is 27.8. The van der Waals surface area contributed by atoms with Crippen LogP contribution < -0.4 is 5.73 Å². The second-order valence-corrected chi connectivity index (χ2v) is 9.37. The molecule has 1 aromatic heterocycles. The van der Waals surface area contributed by atoms with Crippen molar-refractivity contribution in [1.82, 2.24) is 14.8 Å². The van der Waals surface area contributed by atoms with Crippen molar-refractivity contribution in [2.24, 2.45) is 5.73 Å². The predicted octanol–water partition coefficient (Wildman–Crippen LogP) is 4.78. The maximum absolute atomic E-state index is 14.0. The van der Waals surface area contributed by atoms with E-state index < -0.39 is 53.2 Å². The zero-order valence-electron chi connectivity index (χ0n) is 19.8. The van der Waals surface area contributed by atoms with E-state index in [1.807, 2.05) is 30.3 Å². The van der Waals surface area contributed by atoms with Gasteiger partial charge in [0, 0.05) is 17.1 Å². The number of nitrogens with two attached hydrogens (primary N) is 1. The number of hydrogen-bond donors (Lipinski definition) is 2. The molecule has 0 aliphatic carbocycles. The quantitative estimate of drug-likeness (QED) is 0.428. The number of rotatable bonds is 7. The van der Waals surface area contributed by atoms with Crippen LogP contribution in [0.25, 0.3) is 5.69 Å². The van der Waals surface area contributed by atoms with Crippen LogP contribution in [-0.4, -0.2) is 51.3 Å². The Hall–Kier alpha value is -2.25. The number of alkyl halides is 3. The molecule has 0 saturated carbocycles. The molecule has 4 rings (SSSR count). The number of benzene rings is 2. The molecule has 1 aliphatic heterocycles. The molecule has 0 radical (unpaired) electrons. The lowest BCUT2D eigenvalue weighted by Gasteiger charge is -2.37. The molecular weight excluding hydrogens is 536 g/mol. The monoisotopic (exact) mass is 560 g/mol. The topological polar surface area (TPSA) is 105 Å². The summed E-state index contributed by atoms with van der Waals surface area (Å²) in [5.74, 6) is 0.0158. The summed E-state index contributed by atoms with van der Waals surface area (Å²) >= 11 is 12.0. The molecule has 200 valence electrons. The van der Waals surface area contributed by atoms with Gasteiger partial charge in [0.15, 0.2) is 12.1 Å². The van der Waals surface area contributed by atoms with Crippen LogP contribution in [0, 0.1) is 6.92 Å². The number of aromatic nitrogens is 3. The first-order valence-electron chi connectivity index (χ1n) is 11.3. The summed E-state index contributed by atoms with van der Waals surface area (Å²) < 4.78 is 60.8. The van der Waals surface area contributed by atoms with Crippen molar-refractivity contribution in [1.29, 1.82) is 0 Å². The minimum Gasteiger partial charge on any atom is -0.389 e. The van der Waals surface area contributed by atoms with E-state index in [4.69, 9.17) is 43.1 Å². The van der Waals surface area contributed by atoms with Crippen LogP contribution >= 0.6 is 23.2 Å². The highest BCUT2D eigenvalue weighted by molar-refractivity contribution is 6.35. The Labute approximate surface area is 221 Å². The van der Waals surface area contributed by atoms with Gasteiger partial charge in [0.2, 0.25) is 0 Å². The van der Waals surface area contributed by atoms with Crippen LogP contribution in [0.1, 0.15) is 42.1 Å². The summed E-state index contributed by atoms with van der Waals surface area (Å²) in [6.45, 7) is 3.07. The second-order valence-electron chi connectivity index (χ2n) is 8.52. The van der Waals surface area contributed by atoms with Gasteiger partial charge in [-0.1, -0.05) is 53.5 Å². The first-order chi connectivity index (χ1) is 17.5. The molecule has 0 bridgehead atoms. The van der Waals surface area contributed by atoms with Gasteiger partial charge in [0.25, 0.3) is 0 Å². The standard InChI is InChI=1S/C24H25Cl2F3N4O4/c1-12-19(11-35-23(36-12)14-6-4-3-5-7-14)37-21(18(34)10-30)22-31-13(2)32-33(22)17-9-15(25)8-16(26)20(17)24(27,28)29/h3-9,12,18-19,21,23,34H,10-11,30H2,1-2H3/t12?,18-,19?,21?,23?/m0/s1. The number of ether oxygens (including phenoxy) is 3. The Balaban J connectivity index is 1.69. The van der Waals surface area contributed by atoms with Crippen LogP contribution in [0.5, 0.6) is 0 Å². The zero-order chi connectivity index (χ0) is 26.9. The fraction of sp³-hybridized carbons (Fsp3) is 0.417. The highest BCUT2D eigenvalue weighted by Crippen LogP contribution is 2.41. The molecule has 13 heteroatoms. The van der Waals surface area contributed by atoms with Crippen molar-refractivity contribution in [2.75, 3.05) is 13.2 Å². The summed E-state index contributed by atoms with van der Waals surface area (Å²) in [4.78, 5) is 4.27. The molecule has 2 aromatic carbocycles. The smallest absolute Gasteiger partial charge is 0.389 e. The molecule has 1 saturated heterocycles. The molecule has 4 unspecified atom stereocenters. The van der Waals surface area contributed by atoms with Gasteiger partial charge in [-0.05, 0) is 26.0 Å². The summed E-state index contributed by atoms with van der Waals surface area (Å²) in [5, 5.41) is 14.2. The van der Waals surface area contributed by atoms with Crippen molar-refractivity contribution in [3.8, 4) is 5.69 Å². The van der Waals surface area contributed by atoms with Crippen LogP contribution in [0.15, 0.2) is 42.5 Å². The Morgan fingerprint density at radius 1 is 1.24 bits per heavy atom. The fourth-order valence-corrected chi connectivity index (χ4v) is 4.60.